The standard InChI is InChI=1S/C13H21N3O3S/c1-9(2)20(18,19)10(3)13(17)15-11-4-5-12-14-6-7-16(12)8-11/h6-7,9-11H,4-5,8H2,1-3H3,(H,15,17)/t10-,11-/m0/s1. The summed E-state index contributed by atoms with van der Waals surface area (Å²) in [6.45, 7) is 5.29. The Balaban J connectivity index is 2.00. The third kappa shape index (κ3) is 2.87. The summed E-state index contributed by atoms with van der Waals surface area (Å²) in [5.41, 5.74) is 0. The van der Waals surface area contributed by atoms with Gasteiger partial charge >= 0.3 is 0 Å². The van der Waals surface area contributed by atoms with Crippen LogP contribution in [-0.4, -0.2) is 40.4 Å². The second-order valence-electron chi connectivity index (χ2n) is 5.52. The molecule has 0 unspecified atom stereocenters. The fourth-order valence-electron chi connectivity index (χ4n) is 2.36. The quantitative estimate of drug-likeness (QED) is 0.879. The van der Waals surface area contributed by atoms with Crippen molar-refractivity contribution in [1.29, 1.82) is 0 Å². The molecule has 1 aromatic rings. The summed E-state index contributed by atoms with van der Waals surface area (Å²) in [6.07, 6.45) is 5.20. The molecule has 20 heavy (non-hydrogen) atoms. The zero-order valence-corrected chi connectivity index (χ0v) is 12.9. The zero-order valence-electron chi connectivity index (χ0n) is 12.0. The van der Waals surface area contributed by atoms with Gasteiger partial charge in [-0.05, 0) is 27.2 Å². The van der Waals surface area contributed by atoms with Crippen molar-refractivity contribution in [3.8, 4) is 0 Å². The van der Waals surface area contributed by atoms with Gasteiger partial charge in [0.2, 0.25) is 5.91 Å². The molecule has 7 heteroatoms. The Kier molecular flexibility index (Phi) is 4.17. The van der Waals surface area contributed by atoms with E-state index in [0.717, 1.165) is 18.7 Å². The second kappa shape index (κ2) is 5.55. The van der Waals surface area contributed by atoms with Crippen LogP contribution in [0.2, 0.25) is 0 Å². The Morgan fingerprint density at radius 1 is 1.45 bits per heavy atom. The van der Waals surface area contributed by atoms with E-state index in [1.165, 1.54) is 6.92 Å². The van der Waals surface area contributed by atoms with Crippen molar-refractivity contribution in [2.24, 2.45) is 0 Å². The van der Waals surface area contributed by atoms with Crippen molar-refractivity contribution >= 4 is 15.7 Å². The predicted octanol–water partition coefficient (Wildman–Crippen LogP) is 0.526. The van der Waals surface area contributed by atoms with Gasteiger partial charge in [-0.2, -0.15) is 0 Å². The highest BCUT2D eigenvalue weighted by Gasteiger charge is 2.32. The fourth-order valence-corrected chi connectivity index (χ4v) is 3.54. The average molecular weight is 299 g/mol. The first-order valence-electron chi connectivity index (χ1n) is 6.85. The summed E-state index contributed by atoms with van der Waals surface area (Å²) in [7, 11) is -3.41. The average Bonchev–Trinajstić information content (AvgIpc) is 2.84. The van der Waals surface area contributed by atoms with Crippen molar-refractivity contribution in [2.45, 2.75) is 56.7 Å². The fraction of sp³-hybridized carbons (Fsp3) is 0.692. The molecular weight excluding hydrogens is 278 g/mol. The van der Waals surface area contributed by atoms with Gasteiger partial charge in [0, 0.05) is 31.4 Å². The van der Waals surface area contributed by atoms with Gasteiger partial charge in [0.1, 0.15) is 11.1 Å². The number of aryl methyl sites for hydroxylation is 1. The van der Waals surface area contributed by atoms with Gasteiger partial charge in [-0.15, -0.1) is 0 Å². The molecule has 1 amide bonds. The number of amides is 1. The topological polar surface area (TPSA) is 81.1 Å². The molecular formula is C13H21N3O3S. The minimum atomic E-state index is -3.41. The van der Waals surface area contributed by atoms with E-state index in [1.54, 1.807) is 20.0 Å². The predicted molar refractivity (Wildman–Crippen MR) is 76.0 cm³/mol. The Labute approximate surface area is 119 Å². The summed E-state index contributed by atoms with van der Waals surface area (Å²) in [5, 5.41) is 1.29. The van der Waals surface area contributed by atoms with E-state index in [2.05, 4.69) is 10.3 Å². The van der Waals surface area contributed by atoms with Crippen LogP contribution in [0.5, 0.6) is 0 Å². The van der Waals surface area contributed by atoms with Crippen molar-refractivity contribution in [1.82, 2.24) is 14.9 Å². The molecule has 0 spiro atoms. The van der Waals surface area contributed by atoms with Gasteiger partial charge in [0.15, 0.2) is 9.84 Å². The van der Waals surface area contributed by atoms with E-state index >= 15 is 0 Å². The van der Waals surface area contributed by atoms with Crippen molar-refractivity contribution in [3.05, 3.63) is 18.2 Å². The summed E-state index contributed by atoms with van der Waals surface area (Å²) in [4.78, 5) is 16.3. The van der Waals surface area contributed by atoms with Crippen LogP contribution in [0, 0.1) is 0 Å². The lowest BCUT2D eigenvalue weighted by molar-refractivity contribution is -0.121. The minimum Gasteiger partial charge on any atom is -0.350 e. The zero-order chi connectivity index (χ0) is 14.9. The summed E-state index contributed by atoms with van der Waals surface area (Å²) >= 11 is 0. The number of aromatic nitrogens is 2. The second-order valence-corrected chi connectivity index (χ2v) is 8.35. The number of carbonyl (C=O) groups is 1. The van der Waals surface area contributed by atoms with E-state index in [1.807, 2.05) is 10.8 Å². The maximum absolute atomic E-state index is 12.1. The first-order chi connectivity index (χ1) is 9.32. The van der Waals surface area contributed by atoms with E-state index in [0.29, 0.717) is 6.54 Å². The number of hydrogen-bond acceptors (Lipinski definition) is 4. The van der Waals surface area contributed by atoms with E-state index < -0.39 is 26.2 Å². The molecule has 1 aliphatic heterocycles. The molecule has 6 nitrogen and oxygen atoms in total. The SMILES string of the molecule is CC(C)S(=O)(=O)[C@@H](C)C(=O)N[C@H]1CCc2nccn2C1. The number of nitrogens with one attached hydrogen (secondary N) is 1. The Bertz CT molecular complexity index is 592. The van der Waals surface area contributed by atoms with Crippen LogP contribution in [0.25, 0.3) is 0 Å². The first-order valence-corrected chi connectivity index (χ1v) is 8.46. The lowest BCUT2D eigenvalue weighted by Crippen LogP contribution is -2.47. The number of carbonyl (C=O) groups excluding carboxylic acids is 1. The molecule has 1 N–H and O–H groups in total. The molecule has 1 aliphatic rings. The van der Waals surface area contributed by atoms with Gasteiger partial charge in [0.05, 0.1) is 5.25 Å². The molecule has 2 rings (SSSR count). The molecule has 0 fully saturated rings. The van der Waals surface area contributed by atoms with Crippen LogP contribution < -0.4 is 5.32 Å². The normalized spacial score (nSPS) is 20.5. The lowest BCUT2D eigenvalue weighted by Gasteiger charge is -2.26. The number of sulfone groups is 1. The maximum Gasteiger partial charge on any atom is 0.238 e. The Morgan fingerprint density at radius 3 is 2.80 bits per heavy atom. The molecule has 0 saturated heterocycles. The van der Waals surface area contributed by atoms with E-state index in [-0.39, 0.29) is 6.04 Å². The third-order valence-electron chi connectivity index (χ3n) is 3.80. The molecule has 0 saturated carbocycles. The highest BCUT2D eigenvalue weighted by Crippen LogP contribution is 2.14. The van der Waals surface area contributed by atoms with Crippen molar-refractivity contribution < 1.29 is 13.2 Å². The first kappa shape index (κ1) is 15.0. The Hall–Kier alpha value is -1.37. The smallest absolute Gasteiger partial charge is 0.238 e. The number of hydrogen-bond donors (Lipinski definition) is 1. The van der Waals surface area contributed by atoms with Gasteiger partial charge in [-0.1, -0.05) is 0 Å². The number of nitrogens with zero attached hydrogens (tertiary/aromatic N) is 2. The molecule has 2 atom stereocenters. The minimum absolute atomic E-state index is 0.0333. The molecule has 0 aliphatic carbocycles. The molecule has 112 valence electrons. The van der Waals surface area contributed by atoms with Gasteiger partial charge in [-0.3, -0.25) is 4.79 Å². The lowest BCUT2D eigenvalue weighted by atomic mass is 10.1. The van der Waals surface area contributed by atoms with Gasteiger partial charge < -0.3 is 9.88 Å². The largest absolute Gasteiger partial charge is 0.350 e. The van der Waals surface area contributed by atoms with Crippen molar-refractivity contribution in [3.63, 3.8) is 0 Å². The highest BCUT2D eigenvalue weighted by atomic mass is 32.2. The van der Waals surface area contributed by atoms with E-state index in [4.69, 9.17) is 0 Å². The third-order valence-corrected chi connectivity index (χ3v) is 6.31. The molecule has 2 heterocycles. The van der Waals surface area contributed by atoms with Crippen molar-refractivity contribution in [2.75, 3.05) is 0 Å². The van der Waals surface area contributed by atoms with E-state index in [9.17, 15) is 13.2 Å². The Morgan fingerprint density at radius 2 is 2.15 bits per heavy atom. The molecule has 0 bridgehead atoms. The number of imidazole rings is 1. The molecule has 0 radical (unpaired) electrons. The number of fused-ring (bicyclic) bond motifs is 1. The maximum atomic E-state index is 12.1. The monoisotopic (exact) mass is 299 g/mol. The summed E-state index contributed by atoms with van der Waals surface area (Å²) in [6, 6.07) is -0.0333. The summed E-state index contributed by atoms with van der Waals surface area (Å²) in [5.74, 6) is 0.602. The molecule has 1 aromatic heterocycles. The van der Waals surface area contributed by atoms with Crippen LogP contribution in [-0.2, 0) is 27.6 Å². The molecule has 0 aromatic carbocycles. The van der Waals surface area contributed by atoms with Crippen LogP contribution in [0.1, 0.15) is 33.0 Å². The van der Waals surface area contributed by atoms with Gasteiger partial charge in [-0.25, -0.2) is 13.4 Å². The number of rotatable bonds is 4. The van der Waals surface area contributed by atoms with Crippen LogP contribution in [0.3, 0.4) is 0 Å². The highest BCUT2D eigenvalue weighted by molar-refractivity contribution is 7.93. The van der Waals surface area contributed by atoms with Crippen LogP contribution in [0.15, 0.2) is 12.4 Å². The summed E-state index contributed by atoms with van der Waals surface area (Å²) < 4.78 is 26.0. The van der Waals surface area contributed by atoms with Crippen LogP contribution >= 0.6 is 0 Å². The van der Waals surface area contributed by atoms with Gasteiger partial charge in [0.25, 0.3) is 0 Å². The van der Waals surface area contributed by atoms with Crippen LogP contribution in [0.4, 0.5) is 0 Å².